The van der Waals surface area contributed by atoms with Crippen LogP contribution in [0.25, 0.3) is 10.2 Å². The zero-order chi connectivity index (χ0) is 11.1. The molecule has 1 aromatic heterocycles. The first kappa shape index (κ1) is 10.7. The number of aromatic nitrogens is 1. The fraction of sp³-hybridized carbons (Fsp3) is 0.222. The molecular weight excluding hydrogens is 247 g/mol. The SMILES string of the molecule is FC(F)(F)c1cccc2nc(CCl)sc12. The number of hydrogen-bond acceptors (Lipinski definition) is 2. The number of rotatable bonds is 1. The van der Waals surface area contributed by atoms with Crippen molar-refractivity contribution < 1.29 is 13.2 Å². The zero-order valence-electron chi connectivity index (χ0n) is 7.31. The molecule has 2 rings (SSSR count). The quantitative estimate of drug-likeness (QED) is 0.697. The van der Waals surface area contributed by atoms with Gasteiger partial charge in [0.25, 0.3) is 0 Å². The Balaban J connectivity index is 2.70. The van der Waals surface area contributed by atoms with E-state index in [2.05, 4.69) is 4.98 Å². The van der Waals surface area contributed by atoms with Gasteiger partial charge in [0.05, 0.1) is 21.7 Å². The van der Waals surface area contributed by atoms with Crippen molar-refractivity contribution in [3.05, 3.63) is 28.8 Å². The molecule has 0 atom stereocenters. The first-order valence-corrected chi connectivity index (χ1v) is 5.39. The standard InChI is InChI=1S/C9H5ClF3NS/c10-4-7-14-6-3-1-2-5(8(6)15-7)9(11,12)13/h1-3H,4H2. The molecule has 0 aliphatic carbocycles. The molecule has 0 spiro atoms. The van der Waals surface area contributed by atoms with Crippen LogP contribution in [0.5, 0.6) is 0 Å². The van der Waals surface area contributed by atoms with Gasteiger partial charge in [0.2, 0.25) is 0 Å². The first-order chi connectivity index (χ1) is 7.02. The van der Waals surface area contributed by atoms with Gasteiger partial charge in [-0.05, 0) is 12.1 Å². The minimum Gasteiger partial charge on any atom is -0.240 e. The van der Waals surface area contributed by atoms with E-state index < -0.39 is 11.7 Å². The van der Waals surface area contributed by atoms with E-state index in [1.54, 1.807) is 6.07 Å². The summed E-state index contributed by atoms with van der Waals surface area (Å²) in [5.74, 6) is 0.136. The van der Waals surface area contributed by atoms with E-state index in [4.69, 9.17) is 11.6 Å². The van der Waals surface area contributed by atoms with Gasteiger partial charge in [0.1, 0.15) is 5.01 Å². The van der Waals surface area contributed by atoms with Crippen LogP contribution in [0.15, 0.2) is 18.2 Å². The Kier molecular flexibility index (Phi) is 2.60. The lowest BCUT2D eigenvalue weighted by molar-refractivity contribution is -0.136. The van der Waals surface area contributed by atoms with Gasteiger partial charge in [-0.1, -0.05) is 6.07 Å². The minimum atomic E-state index is -4.34. The van der Waals surface area contributed by atoms with Crippen LogP contribution in [0.2, 0.25) is 0 Å². The second-order valence-corrected chi connectivity index (χ2v) is 4.24. The Bertz CT molecular complexity index is 492. The maximum atomic E-state index is 12.6. The predicted octanol–water partition coefficient (Wildman–Crippen LogP) is 4.05. The third-order valence-corrected chi connectivity index (χ3v) is 3.40. The molecule has 2 aromatic rings. The molecule has 15 heavy (non-hydrogen) atoms. The van der Waals surface area contributed by atoms with E-state index >= 15 is 0 Å². The number of alkyl halides is 4. The number of hydrogen-bond donors (Lipinski definition) is 0. The van der Waals surface area contributed by atoms with Gasteiger partial charge in [0.15, 0.2) is 0 Å². The minimum absolute atomic E-state index is 0.136. The Morgan fingerprint density at radius 1 is 1.33 bits per heavy atom. The van der Waals surface area contributed by atoms with Crippen molar-refractivity contribution in [2.45, 2.75) is 12.1 Å². The maximum absolute atomic E-state index is 12.6. The highest BCUT2D eigenvalue weighted by atomic mass is 35.5. The van der Waals surface area contributed by atoms with E-state index in [1.165, 1.54) is 6.07 Å². The molecule has 0 fully saturated rings. The highest BCUT2D eigenvalue weighted by Gasteiger charge is 2.33. The summed E-state index contributed by atoms with van der Waals surface area (Å²) >= 11 is 6.52. The molecule has 1 heterocycles. The topological polar surface area (TPSA) is 12.9 Å². The molecule has 0 radical (unpaired) electrons. The third-order valence-electron chi connectivity index (χ3n) is 1.88. The van der Waals surface area contributed by atoms with Crippen molar-refractivity contribution >= 4 is 33.2 Å². The van der Waals surface area contributed by atoms with Crippen LogP contribution in [0.4, 0.5) is 13.2 Å². The van der Waals surface area contributed by atoms with Crippen molar-refractivity contribution in [2.75, 3.05) is 0 Å². The largest absolute Gasteiger partial charge is 0.417 e. The average molecular weight is 252 g/mol. The van der Waals surface area contributed by atoms with Crippen molar-refractivity contribution in [1.82, 2.24) is 4.98 Å². The lowest BCUT2D eigenvalue weighted by atomic mass is 10.2. The normalized spacial score (nSPS) is 12.3. The lowest BCUT2D eigenvalue weighted by Gasteiger charge is -2.06. The van der Waals surface area contributed by atoms with Crippen molar-refractivity contribution in [3.8, 4) is 0 Å². The molecule has 0 bridgehead atoms. The Morgan fingerprint density at radius 3 is 2.67 bits per heavy atom. The summed E-state index contributed by atoms with van der Waals surface area (Å²) in [7, 11) is 0. The summed E-state index contributed by atoms with van der Waals surface area (Å²) in [6.45, 7) is 0. The molecule has 0 aliphatic heterocycles. The average Bonchev–Trinajstić information content (AvgIpc) is 2.57. The van der Waals surface area contributed by atoms with E-state index in [0.717, 1.165) is 17.4 Å². The van der Waals surface area contributed by atoms with Gasteiger partial charge in [-0.15, -0.1) is 22.9 Å². The van der Waals surface area contributed by atoms with Crippen LogP contribution >= 0.6 is 22.9 Å². The maximum Gasteiger partial charge on any atom is 0.417 e. The van der Waals surface area contributed by atoms with E-state index in [0.29, 0.717) is 10.5 Å². The zero-order valence-corrected chi connectivity index (χ0v) is 8.88. The molecule has 1 aromatic carbocycles. The van der Waals surface area contributed by atoms with E-state index in [9.17, 15) is 13.2 Å². The molecule has 80 valence electrons. The smallest absolute Gasteiger partial charge is 0.240 e. The van der Waals surface area contributed by atoms with Gasteiger partial charge in [0, 0.05) is 0 Å². The number of nitrogens with zero attached hydrogens (tertiary/aromatic N) is 1. The second kappa shape index (κ2) is 3.64. The number of halogens is 4. The van der Waals surface area contributed by atoms with Crippen LogP contribution in [0, 0.1) is 0 Å². The van der Waals surface area contributed by atoms with Crippen LogP contribution in [-0.2, 0) is 12.1 Å². The summed E-state index contributed by atoms with van der Waals surface area (Å²) in [5, 5.41) is 0.503. The summed E-state index contributed by atoms with van der Waals surface area (Å²) in [5.41, 5.74) is -0.292. The van der Waals surface area contributed by atoms with Crippen molar-refractivity contribution in [3.63, 3.8) is 0 Å². The highest BCUT2D eigenvalue weighted by Crippen LogP contribution is 2.37. The van der Waals surface area contributed by atoms with E-state index in [-0.39, 0.29) is 10.6 Å². The summed E-state index contributed by atoms with van der Waals surface area (Å²) < 4.78 is 37.9. The highest BCUT2D eigenvalue weighted by molar-refractivity contribution is 7.18. The summed E-state index contributed by atoms with van der Waals surface area (Å²) in [6, 6.07) is 3.96. The fourth-order valence-corrected chi connectivity index (χ4v) is 2.45. The number of benzene rings is 1. The first-order valence-electron chi connectivity index (χ1n) is 4.04. The molecule has 0 saturated heterocycles. The third kappa shape index (κ3) is 1.94. The monoisotopic (exact) mass is 251 g/mol. The van der Waals surface area contributed by atoms with E-state index in [1.807, 2.05) is 0 Å². The Morgan fingerprint density at radius 2 is 2.07 bits per heavy atom. The Hall–Kier alpha value is -0.810. The molecule has 1 nitrogen and oxygen atoms in total. The second-order valence-electron chi connectivity index (χ2n) is 2.89. The number of fused-ring (bicyclic) bond motifs is 1. The summed E-state index contributed by atoms with van der Waals surface area (Å²) in [4.78, 5) is 3.99. The van der Waals surface area contributed by atoms with Crippen LogP contribution in [0.1, 0.15) is 10.6 Å². The van der Waals surface area contributed by atoms with Crippen LogP contribution < -0.4 is 0 Å². The molecule has 0 unspecified atom stereocenters. The van der Waals surface area contributed by atoms with Gasteiger partial charge < -0.3 is 0 Å². The molecule has 0 saturated carbocycles. The van der Waals surface area contributed by atoms with Crippen molar-refractivity contribution in [1.29, 1.82) is 0 Å². The van der Waals surface area contributed by atoms with Crippen molar-refractivity contribution in [2.24, 2.45) is 0 Å². The predicted molar refractivity (Wildman–Crippen MR) is 54.2 cm³/mol. The van der Waals surface area contributed by atoms with Crippen LogP contribution in [0.3, 0.4) is 0 Å². The van der Waals surface area contributed by atoms with Gasteiger partial charge in [-0.3, -0.25) is 0 Å². The van der Waals surface area contributed by atoms with Gasteiger partial charge >= 0.3 is 6.18 Å². The summed E-state index contributed by atoms with van der Waals surface area (Å²) in [6.07, 6.45) is -4.34. The molecule has 0 amide bonds. The van der Waals surface area contributed by atoms with Gasteiger partial charge in [-0.25, -0.2) is 4.98 Å². The fourth-order valence-electron chi connectivity index (χ4n) is 1.28. The van der Waals surface area contributed by atoms with Crippen LogP contribution in [-0.4, -0.2) is 4.98 Å². The molecular formula is C9H5ClF3NS. The Labute approximate surface area is 92.5 Å². The molecule has 0 aliphatic rings. The molecule has 6 heteroatoms. The van der Waals surface area contributed by atoms with Gasteiger partial charge in [-0.2, -0.15) is 13.2 Å². The molecule has 0 N–H and O–H groups in total. The number of thiazole rings is 1. The lowest BCUT2D eigenvalue weighted by Crippen LogP contribution is -2.04.